The maximum absolute atomic E-state index is 12.8. The number of amides is 3. The van der Waals surface area contributed by atoms with E-state index in [0.717, 1.165) is 5.56 Å². The zero-order chi connectivity index (χ0) is 25.4. The van der Waals surface area contributed by atoms with E-state index in [0.29, 0.717) is 46.6 Å². The average Bonchev–Trinajstić information content (AvgIpc) is 3.31. The van der Waals surface area contributed by atoms with Gasteiger partial charge in [0.2, 0.25) is 0 Å². The quantitative estimate of drug-likeness (QED) is 0.404. The van der Waals surface area contributed by atoms with Crippen molar-refractivity contribution in [1.82, 2.24) is 14.4 Å². The molecule has 0 atom stereocenters. The topological polar surface area (TPSA) is 105 Å². The van der Waals surface area contributed by atoms with Crippen molar-refractivity contribution in [2.75, 3.05) is 26.0 Å². The molecule has 1 aliphatic rings. The third-order valence-electron chi connectivity index (χ3n) is 6.13. The van der Waals surface area contributed by atoms with Crippen LogP contribution in [0.15, 0.2) is 75.9 Å². The molecule has 0 bridgehead atoms. The van der Waals surface area contributed by atoms with E-state index in [4.69, 9.17) is 4.42 Å². The highest BCUT2D eigenvalue weighted by Gasteiger charge is 2.34. The predicted octanol–water partition coefficient (Wildman–Crippen LogP) is 3.20. The molecule has 3 amide bonds. The number of rotatable bonds is 7. The summed E-state index contributed by atoms with van der Waals surface area (Å²) >= 11 is 0. The number of nitrogens with zero attached hydrogens (tertiary/aromatic N) is 3. The van der Waals surface area contributed by atoms with E-state index in [1.807, 2.05) is 19.0 Å². The molecule has 36 heavy (non-hydrogen) atoms. The molecule has 0 aliphatic carbocycles. The van der Waals surface area contributed by atoms with E-state index < -0.39 is 5.76 Å². The maximum Gasteiger partial charge on any atom is 0.419 e. The fourth-order valence-electron chi connectivity index (χ4n) is 4.18. The fourth-order valence-corrected chi connectivity index (χ4v) is 4.18. The smallest absolute Gasteiger partial charge is 0.408 e. The molecule has 182 valence electrons. The SMILES string of the molecule is CN(C)CCn1c(=O)oc2ccc(NC(=O)c3ccc(CN4C(=O)c5ccccc5C4=O)cc3)cc21. The summed E-state index contributed by atoms with van der Waals surface area (Å²) in [6.45, 7) is 1.25. The molecular weight excluding hydrogens is 460 g/mol. The van der Waals surface area contributed by atoms with Gasteiger partial charge in [-0.25, -0.2) is 4.79 Å². The normalized spacial score (nSPS) is 13.0. The monoisotopic (exact) mass is 484 g/mol. The Labute approximate surface area is 206 Å². The Morgan fingerprint density at radius 2 is 1.58 bits per heavy atom. The number of nitrogens with one attached hydrogen (secondary N) is 1. The lowest BCUT2D eigenvalue weighted by Gasteiger charge is -2.14. The summed E-state index contributed by atoms with van der Waals surface area (Å²) in [6, 6.07) is 18.5. The first-order valence-corrected chi connectivity index (χ1v) is 11.5. The van der Waals surface area contributed by atoms with Gasteiger partial charge >= 0.3 is 5.76 Å². The van der Waals surface area contributed by atoms with Crippen molar-refractivity contribution in [3.8, 4) is 0 Å². The second-order valence-electron chi connectivity index (χ2n) is 8.90. The summed E-state index contributed by atoms with van der Waals surface area (Å²) < 4.78 is 6.84. The Morgan fingerprint density at radius 3 is 2.22 bits per heavy atom. The van der Waals surface area contributed by atoms with Crippen molar-refractivity contribution in [1.29, 1.82) is 0 Å². The Hall–Kier alpha value is -4.50. The largest absolute Gasteiger partial charge is 0.419 e. The lowest BCUT2D eigenvalue weighted by atomic mass is 10.1. The van der Waals surface area contributed by atoms with Gasteiger partial charge in [0, 0.05) is 24.3 Å². The van der Waals surface area contributed by atoms with Crippen LogP contribution >= 0.6 is 0 Å². The standard InChI is InChI=1S/C27H24N4O5/c1-29(2)13-14-30-22-15-19(11-12-23(22)36-27(30)35)28-24(32)18-9-7-17(8-10-18)16-31-25(33)20-5-3-4-6-21(20)26(31)34/h3-12,15H,13-14,16H2,1-2H3,(H,28,32). The molecule has 5 rings (SSSR count). The Bertz CT molecular complexity index is 1510. The van der Waals surface area contributed by atoms with E-state index >= 15 is 0 Å². The first-order valence-electron chi connectivity index (χ1n) is 11.5. The van der Waals surface area contributed by atoms with E-state index in [9.17, 15) is 19.2 Å². The number of likely N-dealkylation sites (N-methyl/N-ethyl adjacent to an activating group) is 1. The fraction of sp³-hybridized carbons (Fsp3) is 0.185. The number of carbonyl (C=O) groups excluding carboxylic acids is 3. The van der Waals surface area contributed by atoms with Crippen LogP contribution in [0.2, 0.25) is 0 Å². The van der Waals surface area contributed by atoms with Gasteiger partial charge in [-0.2, -0.15) is 0 Å². The molecule has 2 heterocycles. The predicted molar refractivity (Wildman–Crippen MR) is 134 cm³/mol. The molecule has 1 aromatic heterocycles. The van der Waals surface area contributed by atoms with Crippen LogP contribution in [-0.2, 0) is 13.1 Å². The van der Waals surface area contributed by atoms with Crippen LogP contribution in [0.3, 0.4) is 0 Å². The molecule has 0 saturated carbocycles. The van der Waals surface area contributed by atoms with Crippen molar-refractivity contribution in [2.45, 2.75) is 13.1 Å². The molecular formula is C27H24N4O5. The highest BCUT2D eigenvalue weighted by molar-refractivity contribution is 6.21. The summed E-state index contributed by atoms with van der Waals surface area (Å²) in [7, 11) is 3.84. The number of imide groups is 1. The van der Waals surface area contributed by atoms with Crippen LogP contribution in [0.1, 0.15) is 36.6 Å². The molecule has 3 aromatic carbocycles. The summed E-state index contributed by atoms with van der Waals surface area (Å²) in [5.74, 6) is -1.41. The van der Waals surface area contributed by atoms with Crippen molar-refractivity contribution in [3.63, 3.8) is 0 Å². The number of oxazole rings is 1. The van der Waals surface area contributed by atoms with Crippen LogP contribution in [0, 0.1) is 0 Å². The highest BCUT2D eigenvalue weighted by Crippen LogP contribution is 2.24. The summed E-state index contributed by atoms with van der Waals surface area (Å²) in [5, 5.41) is 2.85. The Balaban J connectivity index is 1.29. The first-order chi connectivity index (χ1) is 17.3. The third-order valence-corrected chi connectivity index (χ3v) is 6.13. The van der Waals surface area contributed by atoms with Crippen LogP contribution in [0.4, 0.5) is 5.69 Å². The summed E-state index contributed by atoms with van der Waals surface area (Å²) in [4.78, 5) is 53.4. The molecule has 9 heteroatoms. The molecule has 4 aromatic rings. The maximum atomic E-state index is 12.8. The van der Waals surface area contributed by atoms with Gasteiger partial charge < -0.3 is 14.6 Å². The second-order valence-corrected chi connectivity index (χ2v) is 8.90. The van der Waals surface area contributed by atoms with Crippen LogP contribution in [0.25, 0.3) is 11.1 Å². The van der Waals surface area contributed by atoms with Crippen molar-refractivity contribution in [3.05, 3.63) is 99.5 Å². The van der Waals surface area contributed by atoms with Crippen LogP contribution in [0.5, 0.6) is 0 Å². The number of carbonyl (C=O) groups is 3. The Kier molecular flexibility index (Phi) is 5.99. The number of fused-ring (bicyclic) bond motifs is 2. The van der Waals surface area contributed by atoms with Gasteiger partial charge in [-0.3, -0.25) is 23.9 Å². The number of hydrogen-bond donors (Lipinski definition) is 1. The lowest BCUT2D eigenvalue weighted by Crippen LogP contribution is -2.29. The highest BCUT2D eigenvalue weighted by atomic mass is 16.4. The van der Waals surface area contributed by atoms with Gasteiger partial charge in [0.15, 0.2) is 5.58 Å². The van der Waals surface area contributed by atoms with Crippen LogP contribution in [-0.4, -0.2) is 52.7 Å². The lowest BCUT2D eigenvalue weighted by molar-refractivity contribution is 0.0642. The number of benzene rings is 3. The van der Waals surface area contributed by atoms with Crippen LogP contribution < -0.4 is 11.1 Å². The molecule has 0 radical (unpaired) electrons. The van der Waals surface area contributed by atoms with Gasteiger partial charge in [0.1, 0.15) is 0 Å². The Morgan fingerprint density at radius 1 is 0.917 bits per heavy atom. The summed E-state index contributed by atoms with van der Waals surface area (Å²) in [6.07, 6.45) is 0. The third kappa shape index (κ3) is 4.32. The number of anilines is 1. The van der Waals surface area contributed by atoms with Crippen molar-refractivity contribution < 1.29 is 18.8 Å². The second kappa shape index (κ2) is 9.27. The zero-order valence-electron chi connectivity index (χ0n) is 19.9. The van der Waals surface area contributed by atoms with Gasteiger partial charge in [-0.05, 0) is 62.1 Å². The zero-order valence-corrected chi connectivity index (χ0v) is 19.9. The van der Waals surface area contributed by atoms with Gasteiger partial charge in [0.05, 0.1) is 23.2 Å². The number of hydrogen-bond acceptors (Lipinski definition) is 6. The van der Waals surface area contributed by atoms with Gasteiger partial charge in [-0.15, -0.1) is 0 Å². The molecule has 0 spiro atoms. The van der Waals surface area contributed by atoms with E-state index in [1.54, 1.807) is 71.3 Å². The molecule has 0 unspecified atom stereocenters. The molecule has 9 nitrogen and oxygen atoms in total. The first kappa shape index (κ1) is 23.3. The van der Waals surface area contributed by atoms with Gasteiger partial charge in [0.25, 0.3) is 17.7 Å². The molecule has 1 N–H and O–H groups in total. The van der Waals surface area contributed by atoms with E-state index in [1.165, 1.54) is 4.90 Å². The van der Waals surface area contributed by atoms with Gasteiger partial charge in [-0.1, -0.05) is 24.3 Å². The molecule has 0 fully saturated rings. The molecule has 0 saturated heterocycles. The van der Waals surface area contributed by atoms with E-state index in [2.05, 4.69) is 5.32 Å². The minimum atomic E-state index is -0.441. The molecule has 1 aliphatic heterocycles. The van der Waals surface area contributed by atoms with E-state index in [-0.39, 0.29) is 24.3 Å². The summed E-state index contributed by atoms with van der Waals surface area (Å²) in [5.41, 5.74) is 3.54. The minimum Gasteiger partial charge on any atom is -0.408 e. The van der Waals surface area contributed by atoms with Crippen molar-refractivity contribution >= 4 is 34.5 Å². The van der Waals surface area contributed by atoms with Crippen molar-refractivity contribution in [2.24, 2.45) is 0 Å². The average molecular weight is 485 g/mol. The number of aromatic nitrogens is 1. The minimum absolute atomic E-state index is 0.121.